The Labute approximate surface area is 84.8 Å². The summed E-state index contributed by atoms with van der Waals surface area (Å²) >= 11 is 0. The molecule has 3 nitrogen and oxygen atoms in total. The van der Waals surface area contributed by atoms with Gasteiger partial charge >= 0.3 is 0 Å². The van der Waals surface area contributed by atoms with Gasteiger partial charge in [0.05, 0.1) is 0 Å². The molecule has 1 aromatic rings. The number of carbonyl (C=O) groups is 1. The van der Waals surface area contributed by atoms with E-state index in [4.69, 9.17) is 5.11 Å². The van der Waals surface area contributed by atoms with E-state index in [9.17, 15) is 4.79 Å². The molecule has 0 aromatic heterocycles. The second kappa shape index (κ2) is 6.95. The van der Waals surface area contributed by atoms with Gasteiger partial charge in [-0.15, -0.1) is 0 Å². The predicted octanol–water partition coefficient (Wildman–Crippen LogP) is 2.77. The fourth-order valence-electron chi connectivity index (χ4n) is 0.748. The van der Waals surface area contributed by atoms with Crippen molar-refractivity contribution in [2.75, 3.05) is 5.32 Å². The van der Waals surface area contributed by atoms with Crippen LogP contribution in [0.15, 0.2) is 24.3 Å². The number of aromatic hydroxyl groups is 1. The van der Waals surface area contributed by atoms with Crippen LogP contribution in [-0.4, -0.2) is 11.0 Å². The van der Waals surface area contributed by atoms with Crippen LogP contribution >= 0.6 is 0 Å². The third-order valence-electron chi connectivity index (χ3n) is 1.19. The molecule has 0 atom stereocenters. The molecule has 1 rings (SSSR count). The topological polar surface area (TPSA) is 49.3 Å². The number of carbonyl (C=O) groups excluding carboxylic acids is 1. The van der Waals surface area contributed by atoms with Crippen LogP contribution in [0, 0.1) is 0 Å². The SMILES string of the molecule is CC(=O)Nc1ccc(O)cc1.CCC. The summed E-state index contributed by atoms with van der Waals surface area (Å²) in [6.07, 6.45) is 1.25. The lowest BCUT2D eigenvalue weighted by Gasteiger charge is -1.99. The van der Waals surface area contributed by atoms with Crippen molar-refractivity contribution < 1.29 is 9.90 Å². The van der Waals surface area contributed by atoms with Gasteiger partial charge < -0.3 is 10.4 Å². The third kappa shape index (κ3) is 6.06. The monoisotopic (exact) mass is 195 g/mol. The summed E-state index contributed by atoms with van der Waals surface area (Å²) in [5, 5.41) is 11.5. The summed E-state index contributed by atoms with van der Waals surface area (Å²) < 4.78 is 0. The van der Waals surface area contributed by atoms with Crippen molar-refractivity contribution in [3.63, 3.8) is 0 Å². The number of nitrogens with one attached hydrogen (secondary N) is 1. The second-order valence-corrected chi connectivity index (χ2v) is 2.94. The first-order valence-electron chi connectivity index (χ1n) is 4.66. The van der Waals surface area contributed by atoms with Crippen LogP contribution in [0.5, 0.6) is 5.75 Å². The zero-order valence-corrected chi connectivity index (χ0v) is 8.87. The molecule has 0 radical (unpaired) electrons. The Morgan fingerprint density at radius 3 is 2.07 bits per heavy atom. The zero-order chi connectivity index (χ0) is 11.0. The molecule has 0 fully saturated rings. The molecule has 2 N–H and O–H groups in total. The van der Waals surface area contributed by atoms with E-state index in [0.29, 0.717) is 5.69 Å². The molecule has 1 aromatic carbocycles. The summed E-state index contributed by atoms with van der Waals surface area (Å²) in [4.78, 5) is 10.5. The summed E-state index contributed by atoms with van der Waals surface area (Å²) in [7, 11) is 0. The number of phenolic OH excluding ortho intramolecular Hbond substituents is 1. The van der Waals surface area contributed by atoms with Gasteiger partial charge in [0, 0.05) is 12.6 Å². The Morgan fingerprint density at radius 1 is 1.29 bits per heavy atom. The highest BCUT2D eigenvalue weighted by Gasteiger charge is 1.93. The number of rotatable bonds is 1. The average molecular weight is 195 g/mol. The van der Waals surface area contributed by atoms with Gasteiger partial charge in [0.25, 0.3) is 0 Å². The van der Waals surface area contributed by atoms with E-state index >= 15 is 0 Å². The van der Waals surface area contributed by atoms with Gasteiger partial charge in [0.1, 0.15) is 5.75 Å². The lowest BCUT2D eigenvalue weighted by Crippen LogP contribution is -2.04. The minimum absolute atomic E-state index is 0.115. The van der Waals surface area contributed by atoms with Crippen molar-refractivity contribution in [3.05, 3.63) is 24.3 Å². The molecule has 0 heterocycles. The summed E-state index contributed by atoms with van der Waals surface area (Å²) in [6, 6.07) is 6.31. The molecule has 0 aliphatic heterocycles. The number of anilines is 1. The maximum atomic E-state index is 10.5. The van der Waals surface area contributed by atoms with Crippen molar-refractivity contribution in [3.8, 4) is 5.75 Å². The van der Waals surface area contributed by atoms with Gasteiger partial charge in [0.2, 0.25) is 5.91 Å². The summed E-state index contributed by atoms with van der Waals surface area (Å²) in [5.74, 6) is 0.0785. The smallest absolute Gasteiger partial charge is 0.221 e. The molecule has 0 saturated carbocycles. The summed E-state index contributed by atoms with van der Waals surface area (Å²) in [5.41, 5.74) is 0.690. The van der Waals surface area contributed by atoms with E-state index in [-0.39, 0.29) is 11.7 Å². The second-order valence-electron chi connectivity index (χ2n) is 2.94. The molecule has 1 amide bonds. The molecule has 0 aliphatic carbocycles. The fraction of sp³-hybridized carbons (Fsp3) is 0.364. The van der Waals surface area contributed by atoms with E-state index in [2.05, 4.69) is 19.2 Å². The Kier molecular flexibility index (Phi) is 6.20. The highest BCUT2D eigenvalue weighted by atomic mass is 16.3. The Balaban J connectivity index is 0.000000500. The maximum absolute atomic E-state index is 10.5. The van der Waals surface area contributed by atoms with Gasteiger partial charge in [0.15, 0.2) is 0 Å². The minimum Gasteiger partial charge on any atom is -0.508 e. The molecule has 14 heavy (non-hydrogen) atoms. The van der Waals surface area contributed by atoms with Gasteiger partial charge in [-0.05, 0) is 24.3 Å². The van der Waals surface area contributed by atoms with Crippen LogP contribution in [0.3, 0.4) is 0 Å². The lowest BCUT2D eigenvalue weighted by atomic mass is 10.3. The molecular formula is C11H17NO2. The highest BCUT2D eigenvalue weighted by Crippen LogP contribution is 2.13. The van der Waals surface area contributed by atoms with Crippen LogP contribution in [0.1, 0.15) is 27.2 Å². The molecule has 3 heteroatoms. The zero-order valence-electron chi connectivity index (χ0n) is 8.87. The lowest BCUT2D eigenvalue weighted by molar-refractivity contribution is -0.114. The largest absolute Gasteiger partial charge is 0.508 e. The number of hydrogen-bond donors (Lipinski definition) is 2. The maximum Gasteiger partial charge on any atom is 0.221 e. The first-order chi connectivity index (χ1) is 6.60. The van der Waals surface area contributed by atoms with Crippen molar-refractivity contribution in [2.45, 2.75) is 27.2 Å². The van der Waals surface area contributed by atoms with Crippen molar-refractivity contribution in [1.82, 2.24) is 0 Å². The van der Waals surface area contributed by atoms with Crippen LogP contribution in [0.2, 0.25) is 0 Å². The first kappa shape index (κ1) is 12.5. The van der Waals surface area contributed by atoms with Gasteiger partial charge in [-0.2, -0.15) is 0 Å². The van der Waals surface area contributed by atoms with Crippen molar-refractivity contribution in [2.24, 2.45) is 0 Å². The molecule has 0 bridgehead atoms. The molecule has 0 saturated heterocycles. The van der Waals surface area contributed by atoms with Crippen molar-refractivity contribution >= 4 is 11.6 Å². The summed E-state index contributed by atoms with van der Waals surface area (Å²) in [6.45, 7) is 5.69. The Hall–Kier alpha value is -1.51. The van der Waals surface area contributed by atoms with Gasteiger partial charge in [-0.3, -0.25) is 4.79 Å². The Bertz CT molecular complexity index is 267. The molecule has 0 unspecified atom stereocenters. The van der Waals surface area contributed by atoms with E-state index in [1.807, 2.05) is 0 Å². The van der Waals surface area contributed by atoms with Crippen LogP contribution in [0.25, 0.3) is 0 Å². The standard InChI is InChI=1S/C8H9NO2.C3H8/c1-6(10)9-7-2-4-8(11)5-3-7;1-3-2/h2-5,11H,1H3,(H,9,10);3H2,1-2H3. The van der Waals surface area contributed by atoms with E-state index in [1.54, 1.807) is 12.1 Å². The number of phenols is 1. The van der Waals surface area contributed by atoms with Crippen LogP contribution < -0.4 is 5.32 Å². The normalized spacial score (nSPS) is 8.50. The Morgan fingerprint density at radius 2 is 1.71 bits per heavy atom. The van der Waals surface area contributed by atoms with Crippen molar-refractivity contribution in [1.29, 1.82) is 0 Å². The highest BCUT2D eigenvalue weighted by molar-refractivity contribution is 5.88. The fourth-order valence-corrected chi connectivity index (χ4v) is 0.748. The predicted molar refractivity (Wildman–Crippen MR) is 58.4 cm³/mol. The number of benzene rings is 1. The van der Waals surface area contributed by atoms with Crippen LogP contribution in [-0.2, 0) is 4.79 Å². The van der Waals surface area contributed by atoms with E-state index in [0.717, 1.165) is 0 Å². The van der Waals surface area contributed by atoms with Gasteiger partial charge in [-0.25, -0.2) is 0 Å². The van der Waals surface area contributed by atoms with Gasteiger partial charge in [-0.1, -0.05) is 20.3 Å². The minimum atomic E-state index is -0.115. The number of amides is 1. The molecular weight excluding hydrogens is 178 g/mol. The third-order valence-corrected chi connectivity index (χ3v) is 1.19. The molecule has 0 spiro atoms. The average Bonchev–Trinajstić information content (AvgIpc) is 2.09. The van der Waals surface area contributed by atoms with E-state index in [1.165, 1.54) is 25.5 Å². The first-order valence-corrected chi connectivity index (χ1v) is 4.66. The van der Waals surface area contributed by atoms with E-state index < -0.39 is 0 Å². The number of hydrogen-bond acceptors (Lipinski definition) is 2. The molecule has 0 aliphatic rings. The molecule has 78 valence electrons. The van der Waals surface area contributed by atoms with Crippen LogP contribution in [0.4, 0.5) is 5.69 Å². The quantitative estimate of drug-likeness (QED) is 0.677.